The average molecular weight is 347 g/mol. The van der Waals surface area contributed by atoms with Crippen LogP contribution in [0, 0.1) is 5.82 Å². The van der Waals surface area contributed by atoms with Crippen molar-refractivity contribution in [1.29, 1.82) is 0 Å². The smallest absolute Gasteiger partial charge is 0.137 e. The van der Waals surface area contributed by atoms with Crippen LogP contribution in [0.3, 0.4) is 0 Å². The molecule has 6 heteroatoms. The largest absolute Gasteiger partial charge is 0.319 e. The fourth-order valence-electron chi connectivity index (χ4n) is 1.96. The van der Waals surface area contributed by atoms with Crippen molar-refractivity contribution >= 4 is 27.5 Å². The van der Waals surface area contributed by atoms with E-state index in [1.54, 1.807) is 23.0 Å². The Morgan fingerprint density at radius 1 is 1.42 bits per heavy atom. The molecule has 2 N–H and O–H groups in total. The molecule has 2 aromatic rings. The van der Waals surface area contributed by atoms with Crippen molar-refractivity contribution in [3.8, 4) is 0 Å². The zero-order valence-corrected chi connectivity index (χ0v) is 12.9. The molecule has 2 rings (SSSR count). The lowest BCUT2D eigenvalue weighted by Gasteiger charge is -2.19. The summed E-state index contributed by atoms with van der Waals surface area (Å²) in [6.07, 6.45) is 1.56. The number of benzene rings is 1. The van der Waals surface area contributed by atoms with Gasteiger partial charge >= 0.3 is 0 Å². The third-order valence-electron chi connectivity index (χ3n) is 2.89. The predicted molar refractivity (Wildman–Crippen MR) is 77.8 cm³/mol. The van der Waals surface area contributed by atoms with Crippen molar-refractivity contribution in [2.75, 3.05) is 0 Å². The van der Waals surface area contributed by atoms with Crippen molar-refractivity contribution in [2.24, 2.45) is 5.73 Å². The Morgan fingerprint density at radius 3 is 2.74 bits per heavy atom. The molecule has 0 amide bonds. The van der Waals surface area contributed by atoms with E-state index in [9.17, 15) is 4.39 Å². The van der Waals surface area contributed by atoms with Gasteiger partial charge < -0.3 is 5.73 Å². The lowest BCUT2D eigenvalue weighted by molar-refractivity contribution is 0.498. The second-order valence-electron chi connectivity index (χ2n) is 4.54. The first-order valence-electron chi connectivity index (χ1n) is 5.86. The van der Waals surface area contributed by atoms with Crippen molar-refractivity contribution in [3.63, 3.8) is 0 Å². The maximum Gasteiger partial charge on any atom is 0.137 e. The first-order chi connectivity index (χ1) is 8.93. The van der Waals surface area contributed by atoms with Gasteiger partial charge in [-0.25, -0.2) is 4.39 Å². The minimum Gasteiger partial charge on any atom is -0.319 e. The number of hydrogen-bond donors (Lipinski definition) is 1. The normalized spacial score (nSPS) is 13.0. The summed E-state index contributed by atoms with van der Waals surface area (Å²) in [5.74, 6) is -0.348. The van der Waals surface area contributed by atoms with Crippen LogP contribution in [0.5, 0.6) is 0 Å². The van der Waals surface area contributed by atoms with E-state index in [0.29, 0.717) is 20.8 Å². The number of rotatable bonds is 3. The topological polar surface area (TPSA) is 43.8 Å². The van der Waals surface area contributed by atoms with Crippen molar-refractivity contribution in [3.05, 3.63) is 51.0 Å². The molecular weight excluding hydrogens is 333 g/mol. The Kier molecular flexibility index (Phi) is 4.28. The van der Waals surface area contributed by atoms with Gasteiger partial charge in [-0.05, 0) is 41.4 Å². The van der Waals surface area contributed by atoms with Crippen LogP contribution in [0.15, 0.2) is 28.9 Å². The van der Waals surface area contributed by atoms with E-state index in [2.05, 4.69) is 21.0 Å². The standard InChI is InChI=1S/C13H14BrClFN3/c1-7(2)19-13(9(15)6-18-19)12(17)8-4-3-5-10(16)11(8)14/h3-7,12H,17H2,1-2H3. The van der Waals surface area contributed by atoms with E-state index < -0.39 is 6.04 Å². The molecule has 102 valence electrons. The minimum atomic E-state index is -0.539. The zero-order valence-electron chi connectivity index (χ0n) is 10.6. The van der Waals surface area contributed by atoms with Crippen molar-refractivity contribution in [1.82, 2.24) is 9.78 Å². The molecular formula is C13H14BrClFN3. The summed E-state index contributed by atoms with van der Waals surface area (Å²) in [5, 5.41) is 4.69. The molecule has 0 spiro atoms. The maximum absolute atomic E-state index is 13.6. The summed E-state index contributed by atoms with van der Waals surface area (Å²) in [6.45, 7) is 3.97. The molecule has 1 unspecified atom stereocenters. The lowest BCUT2D eigenvalue weighted by atomic mass is 10.0. The van der Waals surface area contributed by atoms with Crippen LogP contribution in [0.4, 0.5) is 4.39 Å². The SMILES string of the molecule is CC(C)n1ncc(Cl)c1C(N)c1cccc(F)c1Br. The fourth-order valence-corrected chi connectivity index (χ4v) is 2.72. The van der Waals surface area contributed by atoms with E-state index in [0.717, 1.165) is 0 Å². The van der Waals surface area contributed by atoms with Crippen LogP contribution in [0.2, 0.25) is 5.02 Å². The summed E-state index contributed by atoms with van der Waals surface area (Å²) in [4.78, 5) is 0. The average Bonchev–Trinajstić information content (AvgIpc) is 2.74. The molecule has 19 heavy (non-hydrogen) atoms. The Hall–Kier alpha value is -0.910. The van der Waals surface area contributed by atoms with Crippen LogP contribution < -0.4 is 5.73 Å². The Balaban J connectivity index is 2.53. The number of hydrogen-bond acceptors (Lipinski definition) is 2. The number of nitrogens with two attached hydrogens (primary N) is 1. The fraction of sp³-hybridized carbons (Fsp3) is 0.308. The van der Waals surface area contributed by atoms with Gasteiger partial charge in [0.25, 0.3) is 0 Å². The highest BCUT2D eigenvalue weighted by Crippen LogP contribution is 2.33. The van der Waals surface area contributed by atoms with Gasteiger partial charge in [0.15, 0.2) is 0 Å². The van der Waals surface area contributed by atoms with Gasteiger partial charge in [0.05, 0.1) is 27.4 Å². The molecule has 0 aliphatic heterocycles. The van der Waals surface area contributed by atoms with Crippen LogP contribution in [0.1, 0.15) is 37.2 Å². The van der Waals surface area contributed by atoms with Crippen LogP contribution in [-0.2, 0) is 0 Å². The molecule has 0 aliphatic carbocycles. The summed E-state index contributed by atoms with van der Waals surface area (Å²) in [6, 6.07) is 4.36. The molecule has 0 fully saturated rings. The number of halogens is 3. The molecule has 0 bridgehead atoms. The molecule has 0 saturated carbocycles. The Labute approximate surface area is 124 Å². The van der Waals surface area contributed by atoms with Gasteiger partial charge in [-0.15, -0.1) is 0 Å². The highest BCUT2D eigenvalue weighted by Gasteiger charge is 2.22. The van der Waals surface area contributed by atoms with Crippen LogP contribution >= 0.6 is 27.5 Å². The van der Waals surface area contributed by atoms with E-state index >= 15 is 0 Å². The van der Waals surface area contributed by atoms with E-state index in [-0.39, 0.29) is 11.9 Å². The summed E-state index contributed by atoms with van der Waals surface area (Å²) in [5.41, 5.74) is 7.55. The minimum absolute atomic E-state index is 0.126. The molecule has 1 aromatic carbocycles. The highest BCUT2D eigenvalue weighted by molar-refractivity contribution is 9.10. The van der Waals surface area contributed by atoms with Crippen LogP contribution in [0.25, 0.3) is 0 Å². The number of aromatic nitrogens is 2. The third-order valence-corrected chi connectivity index (χ3v) is 4.02. The zero-order chi connectivity index (χ0) is 14.2. The Bertz CT molecular complexity index is 598. The predicted octanol–water partition coefficient (Wildman–Crippen LogP) is 4.07. The van der Waals surface area contributed by atoms with Gasteiger partial charge in [0.2, 0.25) is 0 Å². The highest BCUT2D eigenvalue weighted by atomic mass is 79.9. The summed E-state index contributed by atoms with van der Waals surface area (Å²) >= 11 is 9.38. The second-order valence-corrected chi connectivity index (χ2v) is 5.74. The van der Waals surface area contributed by atoms with Gasteiger partial charge in [0, 0.05) is 6.04 Å². The maximum atomic E-state index is 13.6. The summed E-state index contributed by atoms with van der Waals surface area (Å²) in [7, 11) is 0. The van der Waals surface area contributed by atoms with Gasteiger partial charge in [-0.2, -0.15) is 5.10 Å². The summed E-state index contributed by atoms with van der Waals surface area (Å²) < 4.78 is 15.7. The molecule has 3 nitrogen and oxygen atoms in total. The van der Waals surface area contributed by atoms with Crippen LogP contribution in [-0.4, -0.2) is 9.78 Å². The van der Waals surface area contributed by atoms with Gasteiger partial charge in [-0.3, -0.25) is 4.68 Å². The molecule has 0 radical (unpaired) electrons. The van der Waals surface area contributed by atoms with E-state index in [4.69, 9.17) is 17.3 Å². The third kappa shape index (κ3) is 2.68. The molecule has 1 aromatic heterocycles. The lowest BCUT2D eigenvalue weighted by Crippen LogP contribution is -2.19. The monoisotopic (exact) mass is 345 g/mol. The molecule has 1 heterocycles. The molecule has 0 aliphatic rings. The van der Waals surface area contributed by atoms with Crippen molar-refractivity contribution in [2.45, 2.75) is 25.9 Å². The number of nitrogens with zero attached hydrogens (tertiary/aromatic N) is 2. The van der Waals surface area contributed by atoms with E-state index in [1.807, 2.05) is 13.8 Å². The molecule has 1 atom stereocenters. The van der Waals surface area contributed by atoms with Gasteiger partial charge in [-0.1, -0.05) is 23.7 Å². The van der Waals surface area contributed by atoms with Crippen molar-refractivity contribution < 1.29 is 4.39 Å². The van der Waals surface area contributed by atoms with Gasteiger partial charge in [0.1, 0.15) is 5.82 Å². The quantitative estimate of drug-likeness (QED) is 0.910. The molecule has 0 saturated heterocycles. The second kappa shape index (κ2) is 5.61. The Morgan fingerprint density at radius 2 is 2.11 bits per heavy atom. The first-order valence-corrected chi connectivity index (χ1v) is 7.03. The van der Waals surface area contributed by atoms with E-state index in [1.165, 1.54) is 6.07 Å². The first kappa shape index (κ1) is 14.5.